The fourth-order valence-electron chi connectivity index (χ4n) is 2.21. The van der Waals surface area contributed by atoms with E-state index in [-0.39, 0.29) is 24.9 Å². The van der Waals surface area contributed by atoms with Crippen molar-refractivity contribution in [2.24, 2.45) is 0 Å². The van der Waals surface area contributed by atoms with Crippen LogP contribution in [0.15, 0.2) is 48.5 Å². The summed E-state index contributed by atoms with van der Waals surface area (Å²) in [6.07, 6.45) is -0.502. The molecule has 0 aromatic heterocycles. The lowest BCUT2D eigenvalue weighted by atomic mass is 10.2. The highest BCUT2D eigenvalue weighted by molar-refractivity contribution is 5.89. The van der Waals surface area contributed by atoms with Gasteiger partial charge < -0.3 is 20.7 Å². The number of alkyl carbamates (subject to hydrolysis) is 1. The second-order valence-electron chi connectivity index (χ2n) is 6.99. The van der Waals surface area contributed by atoms with Crippen molar-refractivity contribution in [1.82, 2.24) is 10.6 Å². The van der Waals surface area contributed by atoms with Crippen molar-refractivity contribution < 1.29 is 18.7 Å². The summed E-state index contributed by atoms with van der Waals surface area (Å²) >= 11 is 0. The monoisotopic (exact) mass is 373 g/mol. The number of benzene rings is 2. The Kier molecular flexibility index (Phi) is 6.76. The number of halogens is 1. The number of nitrogens with one attached hydrogen (secondary N) is 3. The summed E-state index contributed by atoms with van der Waals surface area (Å²) < 4.78 is 18.1. The molecule has 0 saturated carbocycles. The van der Waals surface area contributed by atoms with Gasteiger partial charge in [-0.1, -0.05) is 24.3 Å². The predicted molar refractivity (Wildman–Crippen MR) is 102 cm³/mol. The molecule has 0 atom stereocenters. The van der Waals surface area contributed by atoms with Gasteiger partial charge in [0, 0.05) is 18.8 Å². The molecule has 2 aromatic rings. The van der Waals surface area contributed by atoms with Crippen LogP contribution in [0.1, 0.15) is 31.9 Å². The Balaban J connectivity index is 1.82. The van der Waals surface area contributed by atoms with Gasteiger partial charge in [0.05, 0.1) is 0 Å². The van der Waals surface area contributed by atoms with Gasteiger partial charge in [0.2, 0.25) is 0 Å². The van der Waals surface area contributed by atoms with Crippen LogP contribution in [0.5, 0.6) is 0 Å². The van der Waals surface area contributed by atoms with E-state index in [4.69, 9.17) is 4.74 Å². The number of carbonyl (C=O) groups excluding carboxylic acids is 2. The molecule has 3 N–H and O–H groups in total. The number of hydrogen-bond donors (Lipinski definition) is 3. The maximum atomic E-state index is 12.9. The Morgan fingerprint density at radius 3 is 2.30 bits per heavy atom. The molecule has 7 heteroatoms. The molecular weight excluding hydrogens is 349 g/mol. The number of urea groups is 1. The summed E-state index contributed by atoms with van der Waals surface area (Å²) in [6.45, 7) is 5.94. The van der Waals surface area contributed by atoms with Crippen molar-refractivity contribution in [3.05, 3.63) is 65.5 Å². The summed E-state index contributed by atoms with van der Waals surface area (Å²) in [5, 5.41) is 8.09. The van der Waals surface area contributed by atoms with Crippen molar-refractivity contribution in [3.8, 4) is 0 Å². The number of hydrogen-bond acceptors (Lipinski definition) is 3. The summed E-state index contributed by atoms with van der Waals surface area (Å²) in [7, 11) is 0. The lowest BCUT2D eigenvalue weighted by Gasteiger charge is -2.19. The van der Waals surface area contributed by atoms with Gasteiger partial charge in [-0.15, -0.1) is 0 Å². The average Bonchev–Trinajstić information content (AvgIpc) is 2.58. The molecule has 0 heterocycles. The maximum Gasteiger partial charge on any atom is 0.407 e. The van der Waals surface area contributed by atoms with Crippen molar-refractivity contribution in [1.29, 1.82) is 0 Å². The van der Waals surface area contributed by atoms with Crippen LogP contribution in [0.4, 0.5) is 19.7 Å². The maximum absolute atomic E-state index is 12.9. The van der Waals surface area contributed by atoms with Crippen LogP contribution < -0.4 is 16.0 Å². The van der Waals surface area contributed by atoms with Crippen LogP contribution >= 0.6 is 0 Å². The van der Waals surface area contributed by atoms with Crippen LogP contribution in [0.2, 0.25) is 0 Å². The summed E-state index contributed by atoms with van der Waals surface area (Å²) in [5.41, 5.74) is 1.64. The minimum absolute atomic E-state index is 0.279. The van der Waals surface area contributed by atoms with E-state index in [1.807, 2.05) is 6.07 Å². The Labute approximate surface area is 158 Å². The second-order valence-corrected chi connectivity index (χ2v) is 6.99. The normalized spacial score (nSPS) is 10.8. The summed E-state index contributed by atoms with van der Waals surface area (Å²) in [6, 6.07) is 12.6. The Morgan fingerprint density at radius 2 is 1.63 bits per heavy atom. The van der Waals surface area contributed by atoms with Gasteiger partial charge in [-0.3, -0.25) is 0 Å². The third kappa shape index (κ3) is 7.77. The molecule has 0 saturated heterocycles. The topological polar surface area (TPSA) is 79.5 Å². The largest absolute Gasteiger partial charge is 0.444 e. The molecule has 0 spiro atoms. The molecule has 6 nitrogen and oxygen atoms in total. The first kappa shape index (κ1) is 20.2. The second kappa shape index (κ2) is 9.02. The van der Waals surface area contributed by atoms with Crippen LogP contribution in [-0.2, 0) is 17.8 Å². The van der Waals surface area contributed by atoms with Crippen LogP contribution in [0, 0.1) is 5.82 Å². The Morgan fingerprint density at radius 1 is 0.963 bits per heavy atom. The number of ether oxygens (including phenoxy) is 1. The smallest absolute Gasteiger partial charge is 0.407 e. The number of carbonyl (C=O) groups is 2. The molecule has 0 fully saturated rings. The minimum Gasteiger partial charge on any atom is -0.444 e. The highest BCUT2D eigenvalue weighted by Crippen LogP contribution is 2.12. The van der Waals surface area contributed by atoms with E-state index in [2.05, 4.69) is 16.0 Å². The van der Waals surface area contributed by atoms with E-state index >= 15 is 0 Å². The third-order valence-corrected chi connectivity index (χ3v) is 3.39. The number of amides is 3. The zero-order valence-corrected chi connectivity index (χ0v) is 15.6. The van der Waals surface area contributed by atoms with E-state index < -0.39 is 11.7 Å². The molecule has 0 aliphatic carbocycles. The standard InChI is InChI=1S/C20H24FN3O3/c1-20(2,3)27-19(26)23-13-15-5-4-6-17(11-15)24-18(25)22-12-14-7-9-16(21)10-8-14/h4-11H,12-13H2,1-3H3,(H,23,26)(H2,22,24,25). The van der Waals surface area contributed by atoms with Gasteiger partial charge in [0.25, 0.3) is 0 Å². The molecule has 2 aromatic carbocycles. The van der Waals surface area contributed by atoms with E-state index in [0.29, 0.717) is 5.69 Å². The SMILES string of the molecule is CC(C)(C)OC(=O)NCc1cccc(NC(=O)NCc2ccc(F)cc2)c1. The van der Waals surface area contributed by atoms with E-state index in [1.165, 1.54) is 12.1 Å². The first-order chi connectivity index (χ1) is 12.7. The lowest BCUT2D eigenvalue weighted by Crippen LogP contribution is -2.32. The third-order valence-electron chi connectivity index (χ3n) is 3.39. The molecule has 0 aliphatic rings. The molecule has 27 heavy (non-hydrogen) atoms. The van der Waals surface area contributed by atoms with Gasteiger partial charge >= 0.3 is 12.1 Å². The van der Waals surface area contributed by atoms with Crippen LogP contribution in [0.25, 0.3) is 0 Å². The van der Waals surface area contributed by atoms with Crippen molar-refractivity contribution in [3.63, 3.8) is 0 Å². The first-order valence-corrected chi connectivity index (χ1v) is 8.56. The zero-order valence-electron chi connectivity index (χ0n) is 15.6. The summed E-state index contributed by atoms with van der Waals surface area (Å²) in [5.74, 6) is -0.319. The van der Waals surface area contributed by atoms with Crippen molar-refractivity contribution in [2.75, 3.05) is 5.32 Å². The highest BCUT2D eigenvalue weighted by Gasteiger charge is 2.15. The number of rotatable bonds is 5. The summed E-state index contributed by atoms with van der Waals surface area (Å²) in [4.78, 5) is 23.7. The molecule has 3 amide bonds. The lowest BCUT2D eigenvalue weighted by molar-refractivity contribution is 0.0523. The van der Waals surface area contributed by atoms with Gasteiger partial charge in [-0.25, -0.2) is 14.0 Å². The zero-order chi connectivity index (χ0) is 19.9. The Bertz CT molecular complexity index is 786. The van der Waals surface area contributed by atoms with E-state index in [1.54, 1.807) is 51.1 Å². The fraction of sp³-hybridized carbons (Fsp3) is 0.300. The molecule has 2 rings (SSSR count). The molecule has 0 bridgehead atoms. The quantitative estimate of drug-likeness (QED) is 0.736. The molecule has 0 radical (unpaired) electrons. The van der Waals surface area contributed by atoms with E-state index in [0.717, 1.165) is 11.1 Å². The molecule has 0 aliphatic heterocycles. The van der Waals surface area contributed by atoms with Gasteiger partial charge in [0.15, 0.2) is 0 Å². The number of anilines is 1. The highest BCUT2D eigenvalue weighted by atomic mass is 19.1. The van der Waals surface area contributed by atoms with Crippen LogP contribution in [-0.4, -0.2) is 17.7 Å². The average molecular weight is 373 g/mol. The molecule has 144 valence electrons. The van der Waals surface area contributed by atoms with Gasteiger partial charge in [-0.05, 0) is 56.2 Å². The fourth-order valence-corrected chi connectivity index (χ4v) is 2.21. The van der Waals surface area contributed by atoms with E-state index in [9.17, 15) is 14.0 Å². The van der Waals surface area contributed by atoms with Crippen LogP contribution in [0.3, 0.4) is 0 Å². The minimum atomic E-state index is -0.559. The van der Waals surface area contributed by atoms with Gasteiger partial charge in [-0.2, -0.15) is 0 Å². The van der Waals surface area contributed by atoms with Crippen molar-refractivity contribution >= 4 is 17.8 Å². The first-order valence-electron chi connectivity index (χ1n) is 8.56. The van der Waals surface area contributed by atoms with Gasteiger partial charge in [0.1, 0.15) is 11.4 Å². The Hall–Kier alpha value is -3.09. The van der Waals surface area contributed by atoms with Crippen molar-refractivity contribution in [2.45, 2.75) is 39.5 Å². The molecular formula is C20H24FN3O3. The predicted octanol–water partition coefficient (Wildman–Crippen LogP) is 4.17. The molecule has 0 unspecified atom stereocenters.